The number of hydrogen-bond acceptors (Lipinski definition) is 1. The Labute approximate surface area is 101 Å². The van der Waals surface area contributed by atoms with E-state index < -0.39 is 12.1 Å². The van der Waals surface area contributed by atoms with Gasteiger partial charge in [0.25, 0.3) is 0 Å². The Morgan fingerprint density at radius 2 is 1.47 bits per heavy atom. The van der Waals surface area contributed by atoms with Crippen LogP contribution in [-0.2, 0) is 0 Å². The fourth-order valence-corrected chi connectivity index (χ4v) is 3.30. The summed E-state index contributed by atoms with van der Waals surface area (Å²) in [4.78, 5) is 0. The lowest BCUT2D eigenvalue weighted by atomic mass is 9.83. The highest BCUT2D eigenvalue weighted by Gasteiger charge is 2.45. The van der Waals surface area contributed by atoms with Gasteiger partial charge in [-0.3, -0.25) is 0 Å². The van der Waals surface area contributed by atoms with Crippen LogP contribution in [0.1, 0.15) is 51.4 Å². The smallest absolute Gasteiger partial charge is 0.313 e. The highest BCUT2D eigenvalue weighted by atomic mass is 19.4. The predicted molar refractivity (Wildman–Crippen MR) is 61.8 cm³/mol. The van der Waals surface area contributed by atoms with Crippen LogP contribution in [0.3, 0.4) is 0 Å². The minimum Gasteiger partial charge on any atom is -0.313 e. The Balaban J connectivity index is 1.83. The number of nitrogens with one attached hydrogen (secondary N) is 1. The van der Waals surface area contributed by atoms with Crippen LogP contribution in [-0.4, -0.2) is 18.8 Å². The van der Waals surface area contributed by atoms with E-state index in [2.05, 4.69) is 5.32 Å². The van der Waals surface area contributed by atoms with Crippen molar-refractivity contribution in [3.63, 3.8) is 0 Å². The first-order valence-corrected chi connectivity index (χ1v) is 6.87. The van der Waals surface area contributed by atoms with Gasteiger partial charge in [0.2, 0.25) is 0 Å². The van der Waals surface area contributed by atoms with Crippen LogP contribution in [0.5, 0.6) is 0 Å². The summed E-state index contributed by atoms with van der Waals surface area (Å²) in [5.74, 6) is -0.497. The van der Waals surface area contributed by atoms with Crippen molar-refractivity contribution in [2.45, 2.75) is 63.6 Å². The predicted octanol–water partition coefficient (Wildman–Crippen LogP) is 3.89. The molecule has 0 spiro atoms. The fraction of sp³-hybridized carbons (Fsp3) is 1.00. The standard InChI is InChI=1S/C13H22F3N/c14-13(15,16)11-7-3-4-8-12(11)17-9-10-5-1-2-6-10/h10-12,17H,1-9H2. The zero-order valence-electron chi connectivity index (χ0n) is 10.2. The van der Waals surface area contributed by atoms with Gasteiger partial charge in [-0.2, -0.15) is 13.2 Å². The third-order valence-corrected chi connectivity index (χ3v) is 4.33. The monoisotopic (exact) mass is 249 g/mol. The van der Waals surface area contributed by atoms with Gasteiger partial charge in [0.15, 0.2) is 0 Å². The van der Waals surface area contributed by atoms with Crippen molar-refractivity contribution < 1.29 is 13.2 Å². The van der Waals surface area contributed by atoms with Crippen LogP contribution in [0, 0.1) is 11.8 Å². The third kappa shape index (κ3) is 3.60. The van der Waals surface area contributed by atoms with E-state index in [4.69, 9.17) is 0 Å². The van der Waals surface area contributed by atoms with Crippen molar-refractivity contribution in [1.82, 2.24) is 5.32 Å². The molecule has 0 saturated heterocycles. The van der Waals surface area contributed by atoms with Crippen molar-refractivity contribution in [2.24, 2.45) is 11.8 Å². The molecule has 1 N–H and O–H groups in total. The normalized spacial score (nSPS) is 31.9. The lowest BCUT2D eigenvalue weighted by Crippen LogP contribution is -2.46. The van der Waals surface area contributed by atoms with Crippen LogP contribution in [0.2, 0.25) is 0 Å². The lowest BCUT2D eigenvalue weighted by molar-refractivity contribution is -0.189. The molecule has 2 saturated carbocycles. The summed E-state index contributed by atoms with van der Waals surface area (Å²) < 4.78 is 38.6. The highest BCUT2D eigenvalue weighted by molar-refractivity contribution is 4.86. The van der Waals surface area contributed by atoms with E-state index >= 15 is 0 Å². The molecule has 2 fully saturated rings. The van der Waals surface area contributed by atoms with E-state index in [1.807, 2.05) is 0 Å². The Morgan fingerprint density at radius 1 is 0.882 bits per heavy atom. The van der Waals surface area contributed by atoms with E-state index in [0.717, 1.165) is 19.4 Å². The van der Waals surface area contributed by atoms with Crippen LogP contribution in [0.4, 0.5) is 13.2 Å². The first kappa shape index (κ1) is 13.2. The van der Waals surface area contributed by atoms with Gasteiger partial charge < -0.3 is 5.32 Å². The second-order valence-electron chi connectivity index (χ2n) is 5.60. The summed E-state index contributed by atoms with van der Waals surface area (Å²) in [5.41, 5.74) is 0. The van der Waals surface area contributed by atoms with Crippen LogP contribution < -0.4 is 5.32 Å². The Bertz CT molecular complexity index is 233. The number of hydrogen-bond donors (Lipinski definition) is 1. The Kier molecular flexibility index (Phi) is 4.34. The van der Waals surface area contributed by atoms with Gasteiger partial charge in [-0.05, 0) is 38.1 Å². The van der Waals surface area contributed by atoms with E-state index in [1.165, 1.54) is 25.7 Å². The molecule has 0 bridgehead atoms. The average Bonchev–Trinajstić information content (AvgIpc) is 2.78. The molecule has 0 amide bonds. The molecule has 0 aromatic rings. The Morgan fingerprint density at radius 3 is 2.12 bits per heavy atom. The van der Waals surface area contributed by atoms with E-state index in [-0.39, 0.29) is 6.04 Å². The summed E-state index contributed by atoms with van der Waals surface area (Å²) in [6.45, 7) is 0.789. The van der Waals surface area contributed by atoms with Gasteiger partial charge in [0, 0.05) is 6.04 Å². The zero-order chi connectivity index (χ0) is 12.3. The van der Waals surface area contributed by atoms with Crippen molar-refractivity contribution >= 4 is 0 Å². The quantitative estimate of drug-likeness (QED) is 0.800. The van der Waals surface area contributed by atoms with Gasteiger partial charge in [0.05, 0.1) is 5.92 Å². The summed E-state index contributed by atoms with van der Waals surface area (Å²) in [6.07, 6.45) is 3.53. The molecule has 0 aliphatic heterocycles. The molecule has 2 atom stereocenters. The summed E-state index contributed by atoms with van der Waals surface area (Å²) >= 11 is 0. The first-order valence-electron chi connectivity index (χ1n) is 6.87. The first-order chi connectivity index (χ1) is 8.07. The molecule has 2 rings (SSSR count). The molecule has 2 unspecified atom stereocenters. The van der Waals surface area contributed by atoms with Gasteiger partial charge in [-0.25, -0.2) is 0 Å². The molecule has 4 heteroatoms. The average molecular weight is 249 g/mol. The van der Waals surface area contributed by atoms with Gasteiger partial charge in [0.1, 0.15) is 0 Å². The molecule has 0 aromatic heterocycles. The zero-order valence-corrected chi connectivity index (χ0v) is 10.2. The number of halogens is 3. The number of rotatable bonds is 3. The maximum absolute atomic E-state index is 12.9. The largest absolute Gasteiger partial charge is 0.393 e. The van der Waals surface area contributed by atoms with E-state index in [1.54, 1.807) is 0 Å². The molecule has 17 heavy (non-hydrogen) atoms. The third-order valence-electron chi connectivity index (χ3n) is 4.33. The molecule has 0 heterocycles. The maximum Gasteiger partial charge on any atom is 0.393 e. The second kappa shape index (κ2) is 5.59. The SMILES string of the molecule is FC(F)(F)C1CCCCC1NCC1CCCC1. The number of alkyl halides is 3. The van der Waals surface area contributed by atoms with Gasteiger partial charge in [-0.1, -0.05) is 25.7 Å². The molecular formula is C13H22F3N. The molecule has 100 valence electrons. The van der Waals surface area contributed by atoms with E-state index in [9.17, 15) is 13.2 Å². The highest BCUT2D eigenvalue weighted by Crippen LogP contribution is 2.38. The summed E-state index contributed by atoms with van der Waals surface area (Å²) in [5, 5.41) is 3.20. The van der Waals surface area contributed by atoms with Crippen LogP contribution in [0.15, 0.2) is 0 Å². The topological polar surface area (TPSA) is 12.0 Å². The lowest BCUT2D eigenvalue weighted by Gasteiger charge is -2.34. The van der Waals surface area contributed by atoms with Crippen molar-refractivity contribution in [2.75, 3.05) is 6.54 Å². The van der Waals surface area contributed by atoms with Crippen molar-refractivity contribution in [3.05, 3.63) is 0 Å². The molecule has 0 radical (unpaired) electrons. The molecule has 1 nitrogen and oxygen atoms in total. The van der Waals surface area contributed by atoms with Gasteiger partial charge >= 0.3 is 6.18 Å². The van der Waals surface area contributed by atoms with Crippen molar-refractivity contribution in [3.8, 4) is 0 Å². The second-order valence-corrected chi connectivity index (χ2v) is 5.60. The van der Waals surface area contributed by atoms with Crippen molar-refractivity contribution in [1.29, 1.82) is 0 Å². The van der Waals surface area contributed by atoms with E-state index in [0.29, 0.717) is 18.8 Å². The van der Waals surface area contributed by atoms with Crippen LogP contribution in [0.25, 0.3) is 0 Å². The summed E-state index contributed by atoms with van der Waals surface area (Å²) in [6, 6.07) is -0.329. The summed E-state index contributed by atoms with van der Waals surface area (Å²) in [7, 11) is 0. The minimum atomic E-state index is -4.02. The molecule has 2 aliphatic rings. The molecule has 2 aliphatic carbocycles. The van der Waals surface area contributed by atoms with Gasteiger partial charge in [-0.15, -0.1) is 0 Å². The maximum atomic E-state index is 12.9. The Hall–Kier alpha value is -0.250. The minimum absolute atomic E-state index is 0.311. The fourth-order valence-electron chi connectivity index (χ4n) is 3.30. The molecule has 0 aromatic carbocycles. The molecular weight excluding hydrogens is 227 g/mol. The van der Waals surface area contributed by atoms with Crippen LogP contribution >= 0.6 is 0 Å².